The van der Waals surface area contributed by atoms with Gasteiger partial charge in [-0.15, -0.1) is 0 Å². The first-order valence-corrected chi connectivity index (χ1v) is 8.43. The second kappa shape index (κ2) is 5.55. The van der Waals surface area contributed by atoms with Gasteiger partial charge in [0.2, 0.25) is 0 Å². The van der Waals surface area contributed by atoms with Crippen molar-refractivity contribution in [2.24, 2.45) is 0 Å². The molecule has 1 heterocycles. The number of hydrogen-bond donors (Lipinski definition) is 1. The van der Waals surface area contributed by atoms with E-state index in [4.69, 9.17) is 16.3 Å². The van der Waals surface area contributed by atoms with Gasteiger partial charge >= 0.3 is 0 Å². The molecule has 1 atom stereocenters. The lowest BCUT2D eigenvalue weighted by Gasteiger charge is -2.23. The van der Waals surface area contributed by atoms with Gasteiger partial charge in [0.15, 0.2) is 0 Å². The topological polar surface area (TPSA) is 29.5 Å². The lowest BCUT2D eigenvalue weighted by molar-refractivity contribution is 0.151. The summed E-state index contributed by atoms with van der Waals surface area (Å²) in [6.45, 7) is 0. The zero-order valence-electron chi connectivity index (χ0n) is 10.9. The summed E-state index contributed by atoms with van der Waals surface area (Å²) in [5.41, 5.74) is 0.626. The fourth-order valence-electron chi connectivity index (χ4n) is 2.43. The fraction of sp³-hybridized carbons (Fsp3) is 0.600. The van der Waals surface area contributed by atoms with Crippen molar-refractivity contribution in [2.75, 3.05) is 11.5 Å². The second-order valence-corrected chi connectivity index (χ2v) is 7.18. The molecule has 0 amide bonds. The lowest BCUT2D eigenvalue weighted by Crippen LogP contribution is -2.23. The smallest absolute Gasteiger partial charge is 0.138 e. The van der Waals surface area contributed by atoms with Crippen molar-refractivity contribution in [3.8, 4) is 5.75 Å². The van der Waals surface area contributed by atoms with E-state index >= 15 is 0 Å². The Morgan fingerprint density at radius 3 is 2.89 bits per heavy atom. The molecule has 0 spiro atoms. The van der Waals surface area contributed by atoms with E-state index in [1.807, 2.05) is 30.0 Å². The monoisotopic (exact) mass is 298 g/mol. The Morgan fingerprint density at radius 1 is 1.42 bits per heavy atom. The van der Waals surface area contributed by atoms with Crippen LogP contribution in [-0.2, 0) is 6.42 Å². The lowest BCUT2D eigenvalue weighted by atomic mass is 10.1. The van der Waals surface area contributed by atoms with E-state index in [1.54, 1.807) is 0 Å². The highest BCUT2D eigenvalue weighted by molar-refractivity contribution is 7.99. The van der Waals surface area contributed by atoms with Crippen LogP contribution in [0.1, 0.15) is 31.2 Å². The molecule has 0 aromatic heterocycles. The maximum Gasteiger partial charge on any atom is 0.138 e. The number of halogens is 1. The second-order valence-electron chi connectivity index (χ2n) is 5.62. The van der Waals surface area contributed by atoms with E-state index < -0.39 is 5.60 Å². The Hall–Kier alpha value is -0.380. The number of rotatable bonds is 4. The quantitative estimate of drug-likeness (QED) is 0.919. The minimum atomic E-state index is -0.467. The number of thioether (sulfide) groups is 1. The van der Waals surface area contributed by atoms with Gasteiger partial charge in [-0.2, -0.15) is 11.8 Å². The maximum absolute atomic E-state index is 9.93. The molecule has 3 rings (SSSR count). The van der Waals surface area contributed by atoms with E-state index in [-0.39, 0.29) is 6.10 Å². The molecule has 2 aliphatic rings. The van der Waals surface area contributed by atoms with Gasteiger partial charge in [-0.25, -0.2) is 0 Å². The molecule has 104 valence electrons. The van der Waals surface area contributed by atoms with E-state index in [0.29, 0.717) is 11.4 Å². The number of benzene rings is 1. The summed E-state index contributed by atoms with van der Waals surface area (Å²) in [5, 5.41) is 10.6. The summed E-state index contributed by atoms with van der Waals surface area (Å²) < 4.78 is 5.97. The van der Waals surface area contributed by atoms with Gasteiger partial charge in [-0.1, -0.05) is 17.7 Å². The molecular formula is C15H19ClO2S. The van der Waals surface area contributed by atoms with Gasteiger partial charge in [-0.3, -0.25) is 0 Å². The molecule has 1 aromatic rings. The molecule has 19 heavy (non-hydrogen) atoms. The largest absolute Gasteiger partial charge is 0.488 e. The van der Waals surface area contributed by atoms with E-state index in [1.165, 1.54) is 12.2 Å². The summed E-state index contributed by atoms with van der Waals surface area (Å²) in [6, 6.07) is 5.90. The SMILES string of the molecule is OC1(Cc2ccc(OC3CCCSC3)c(Cl)c2)CC1. The predicted molar refractivity (Wildman–Crippen MR) is 80.3 cm³/mol. The Bertz CT molecular complexity index is 453. The zero-order chi connectivity index (χ0) is 13.3. The summed E-state index contributed by atoms with van der Waals surface area (Å²) in [5.74, 6) is 3.07. The summed E-state index contributed by atoms with van der Waals surface area (Å²) in [4.78, 5) is 0. The van der Waals surface area contributed by atoms with Crippen LogP contribution in [0.3, 0.4) is 0 Å². The van der Waals surface area contributed by atoms with Gasteiger partial charge in [-0.05, 0) is 49.1 Å². The molecule has 1 saturated heterocycles. The first-order chi connectivity index (χ1) is 9.15. The molecule has 4 heteroatoms. The summed E-state index contributed by atoms with van der Waals surface area (Å²) in [6.07, 6.45) is 5.13. The van der Waals surface area contributed by atoms with Crippen molar-refractivity contribution in [1.29, 1.82) is 0 Å². The average Bonchev–Trinajstić information content (AvgIpc) is 3.12. The molecule has 1 saturated carbocycles. The standard InChI is InChI=1S/C15H19ClO2S/c16-13-8-11(9-15(17)5-6-15)3-4-14(13)18-12-2-1-7-19-10-12/h3-4,8,12,17H,1-2,5-7,9-10H2. The molecule has 2 fully saturated rings. The molecule has 0 bridgehead atoms. The van der Waals surface area contributed by atoms with Gasteiger partial charge < -0.3 is 9.84 Å². The van der Waals surface area contributed by atoms with Crippen LogP contribution in [0.4, 0.5) is 0 Å². The molecule has 2 nitrogen and oxygen atoms in total. The molecule has 1 aliphatic carbocycles. The molecule has 1 aromatic carbocycles. The third-order valence-corrected chi connectivity index (χ3v) is 5.25. The zero-order valence-corrected chi connectivity index (χ0v) is 12.5. The van der Waals surface area contributed by atoms with Crippen LogP contribution in [0.5, 0.6) is 5.75 Å². The first-order valence-electron chi connectivity index (χ1n) is 6.90. The summed E-state index contributed by atoms with van der Waals surface area (Å²) >= 11 is 8.23. The normalized spacial score (nSPS) is 25.1. The average molecular weight is 299 g/mol. The molecule has 1 N–H and O–H groups in total. The van der Waals surface area contributed by atoms with Crippen molar-refractivity contribution >= 4 is 23.4 Å². The van der Waals surface area contributed by atoms with Crippen LogP contribution in [0, 0.1) is 0 Å². The Morgan fingerprint density at radius 2 is 2.26 bits per heavy atom. The van der Waals surface area contributed by atoms with Crippen LogP contribution in [0.25, 0.3) is 0 Å². The molecule has 0 radical (unpaired) electrons. The van der Waals surface area contributed by atoms with Crippen LogP contribution >= 0.6 is 23.4 Å². The van der Waals surface area contributed by atoms with Crippen LogP contribution in [0.15, 0.2) is 18.2 Å². The van der Waals surface area contributed by atoms with Crippen molar-refractivity contribution in [3.63, 3.8) is 0 Å². The van der Waals surface area contributed by atoms with Crippen molar-refractivity contribution < 1.29 is 9.84 Å². The van der Waals surface area contributed by atoms with Gasteiger partial charge in [0.1, 0.15) is 11.9 Å². The van der Waals surface area contributed by atoms with E-state index in [0.717, 1.165) is 36.3 Å². The Labute approximate surface area is 123 Å². The van der Waals surface area contributed by atoms with Crippen molar-refractivity contribution in [3.05, 3.63) is 28.8 Å². The number of ether oxygens (including phenoxy) is 1. The Balaban J connectivity index is 1.65. The van der Waals surface area contributed by atoms with Crippen molar-refractivity contribution in [1.82, 2.24) is 0 Å². The van der Waals surface area contributed by atoms with E-state index in [9.17, 15) is 5.11 Å². The third-order valence-electron chi connectivity index (χ3n) is 3.77. The number of aliphatic hydroxyl groups is 1. The molecule has 1 aliphatic heterocycles. The maximum atomic E-state index is 9.93. The van der Waals surface area contributed by atoms with E-state index in [2.05, 4.69) is 0 Å². The minimum Gasteiger partial charge on any atom is -0.488 e. The highest BCUT2D eigenvalue weighted by Gasteiger charge is 2.40. The molecular weight excluding hydrogens is 280 g/mol. The third kappa shape index (κ3) is 3.59. The van der Waals surface area contributed by atoms with Gasteiger partial charge in [0, 0.05) is 12.2 Å². The first kappa shape index (κ1) is 13.6. The highest BCUT2D eigenvalue weighted by atomic mass is 35.5. The minimum absolute atomic E-state index is 0.287. The summed E-state index contributed by atoms with van der Waals surface area (Å²) in [7, 11) is 0. The van der Waals surface area contributed by atoms with Crippen LogP contribution < -0.4 is 4.74 Å². The fourth-order valence-corrected chi connectivity index (χ4v) is 3.72. The van der Waals surface area contributed by atoms with Gasteiger partial charge in [0.25, 0.3) is 0 Å². The highest BCUT2D eigenvalue weighted by Crippen LogP contribution is 2.39. The van der Waals surface area contributed by atoms with Gasteiger partial charge in [0.05, 0.1) is 10.6 Å². The van der Waals surface area contributed by atoms with Crippen molar-refractivity contribution in [2.45, 2.75) is 43.8 Å². The predicted octanol–water partition coefficient (Wildman–Crippen LogP) is 3.68. The molecule has 1 unspecified atom stereocenters. The van der Waals surface area contributed by atoms with Crippen LogP contribution in [-0.4, -0.2) is 28.3 Å². The Kier molecular flexibility index (Phi) is 3.97. The van der Waals surface area contributed by atoms with Crippen LogP contribution in [0.2, 0.25) is 5.02 Å². The number of hydrogen-bond acceptors (Lipinski definition) is 3.